The van der Waals surface area contributed by atoms with Crippen molar-refractivity contribution in [2.45, 2.75) is 12.8 Å². The van der Waals surface area contributed by atoms with E-state index in [1.807, 2.05) is 6.07 Å². The van der Waals surface area contributed by atoms with Crippen molar-refractivity contribution in [1.82, 2.24) is 0 Å². The van der Waals surface area contributed by atoms with Crippen LogP contribution in [0.3, 0.4) is 0 Å². The molecule has 0 aliphatic carbocycles. The molecule has 4 heteroatoms. The molecule has 0 aliphatic rings. The second-order valence-electron chi connectivity index (χ2n) is 4.47. The van der Waals surface area contributed by atoms with Gasteiger partial charge in [0.15, 0.2) is 0 Å². The van der Waals surface area contributed by atoms with Crippen LogP contribution in [0.1, 0.15) is 12.0 Å². The summed E-state index contributed by atoms with van der Waals surface area (Å²) in [6.07, 6.45) is 0.855. The maximum Gasteiger partial charge on any atom is 0.305 e. The molecule has 0 fully saturated rings. The largest absolute Gasteiger partial charge is 0.508 e. The molecule has 4 nitrogen and oxygen atoms in total. The molecule has 0 radical (unpaired) electrons. The third kappa shape index (κ3) is 3.29. The van der Waals surface area contributed by atoms with E-state index in [1.165, 1.54) is 7.11 Å². The molecule has 0 saturated carbocycles. The van der Waals surface area contributed by atoms with Crippen LogP contribution in [0.25, 0.3) is 11.1 Å². The zero-order chi connectivity index (χ0) is 14.5. The van der Waals surface area contributed by atoms with Gasteiger partial charge >= 0.3 is 5.97 Å². The van der Waals surface area contributed by atoms with Crippen molar-refractivity contribution in [1.29, 1.82) is 0 Å². The highest BCUT2D eigenvalue weighted by Crippen LogP contribution is 2.31. The second-order valence-corrected chi connectivity index (χ2v) is 4.47. The first-order valence-electron chi connectivity index (χ1n) is 6.28. The minimum atomic E-state index is -0.260. The topological polar surface area (TPSA) is 66.8 Å². The van der Waals surface area contributed by atoms with E-state index in [9.17, 15) is 15.0 Å². The number of benzene rings is 2. The Kier molecular flexibility index (Phi) is 4.25. The Labute approximate surface area is 117 Å². The molecule has 0 aromatic heterocycles. The van der Waals surface area contributed by atoms with Gasteiger partial charge in [-0.2, -0.15) is 0 Å². The quantitative estimate of drug-likeness (QED) is 0.840. The Bertz CT molecular complexity index is 602. The minimum Gasteiger partial charge on any atom is -0.508 e. The van der Waals surface area contributed by atoms with E-state index in [0.29, 0.717) is 18.4 Å². The average Bonchev–Trinajstić information content (AvgIpc) is 2.47. The summed E-state index contributed by atoms with van der Waals surface area (Å²) >= 11 is 0. The van der Waals surface area contributed by atoms with E-state index >= 15 is 0 Å². The van der Waals surface area contributed by atoms with Crippen molar-refractivity contribution in [2.24, 2.45) is 0 Å². The van der Waals surface area contributed by atoms with Gasteiger partial charge in [0.25, 0.3) is 0 Å². The number of carbonyl (C=O) groups is 1. The number of carbonyl (C=O) groups excluding carboxylic acids is 1. The summed E-state index contributed by atoms with van der Waals surface area (Å²) in [6, 6.07) is 11.8. The predicted molar refractivity (Wildman–Crippen MR) is 75.5 cm³/mol. The van der Waals surface area contributed by atoms with Crippen molar-refractivity contribution >= 4 is 5.97 Å². The Balaban J connectivity index is 2.24. The SMILES string of the molecule is COC(=O)CCc1ccc(O)c(-c2ccc(O)cc2)c1. The van der Waals surface area contributed by atoms with Crippen LogP contribution in [0.4, 0.5) is 0 Å². The predicted octanol–water partition coefficient (Wildman–Crippen LogP) is 2.87. The first-order valence-corrected chi connectivity index (χ1v) is 6.28. The lowest BCUT2D eigenvalue weighted by Gasteiger charge is -2.08. The van der Waals surface area contributed by atoms with Gasteiger partial charge in [-0.25, -0.2) is 0 Å². The van der Waals surface area contributed by atoms with Crippen molar-refractivity contribution in [3.05, 3.63) is 48.0 Å². The molecule has 0 bridgehead atoms. The molecule has 0 spiro atoms. The third-order valence-corrected chi connectivity index (χ3v) is 3.08. The zero-order valence-corrected chi connectivity index (χ0v) is 11.2. The molecule has 0 heterocycles. The first-order chi connectivity index (χ1) is 9.60. The molecule has 0 amide bonds. The van der Waals surface area contributed by atoms with E-state index in [-0.39, 0.29) is 17.5 Å². The lowest BCUT2D eigenvalue weighted by molar-refractivity contribution is -0.140. The van der Waals surface area contributed by atoms with Gasteiger partial charge in [0.1, 0.15) is 11.5 Å². The van der Waals surface area contributed by atoms with Crippen LogP contribution in [-0.2, 0) is 16.0 Å². The number of ether oxygens (including phenoxy) is 1. The highest BCUT2D eigenvalue weighted by atomic mass is 16.5. The molecular weight excluding hydrogens is 256 g/mol. The van der Waals surface area contributed by atoms with Gasteiger partial charge in [-0.15, -0.1) is 0 Å². The van der Waals surface area contributed by atoms with Crippen molar-refractivity contribution in [3.63, 3.8) is 0 Å². The highest BCUT2D eigenvalue weighted by molar-refractivity contribution is 5.72. The lowest BCUT2D eigenvalue weighted by Crippen LogP contribution is -2.01. The Hall–Kier alpha value is -2.49. The number of phenols is 2. The van der Waals surface area contributed by atoms with E-state index < -0.39 is 0 Å². The molecule has 2 aromatic carbocycles. The smallest absolute Gasteiger partial charge is 0.305 e. The number of hydrogen-bond donors (Lipinski definition) is 2. The number of aromatic hydroxyl groups is 2. The van der Waals surface area contributed by atoms with Crippen LogP contribution < -0.4 is 0 Å². The number of aryl methyl sites for hydroxylation is 1. The number of esters is 1. The summed E-state index contributed by atoms with van der Waals surface area (Å²) in [5.74, 6) is 0.0804. The van der Waals surface area contributed by atoms with E-state index in [1.54, 1.807) is 36.4 Å². The molecule has 2 N–H and O–H groups in total. The van der Waals surface area contributed by atoms with Crippen molar-refractivity contribution in [2.75, 3.05) is 7.11 Å². The van der Waals surface area contributed by atoms with E-state index in [4.69, 9.17) is 0 Å². The third-order valence-electron chi connectivity index (χ3n) is 3.08. The molecule has 104 valence electrons. The highest BCUT2D eigenvalue weighted by Gasteiger charge is 2.07. The van der Waals surface area contributed by atoms with Crippen LogP contribution >= 0.6 is 0 Å². The molecule has 0 atom stereocenters. The molecule has 0 unspecified atom stereocenters. The molecular formula is C16H16O4. The normalized spacial score (nSPS) is 10.2. The Morgan fingerprint density at radius 2 is 1.80 bits per heavy atom. The standard InChI is InChI=1S/C16H16O4/c1-20-16(19)9-3-11-2-8-15(18)14(10-11)12-4-6-13(17)7-5-12/h2,4-8,10,17-18H,3,9H2,1H3. The second kappa shape index (κ2) is 6.10. The van der Waals surface area contributed by atoms with Crippen LogP contribution in [0.15, 0.2) is 42.5 Å². The van der Waals surface area contributed by atoms with E-state index in [2.05, 4.69) is 4.74 Å². The van der Waals surface area contributed by atoms with Gasteiger partial charge in [-0.05, 0) is 41.8 Å². The van der Waals surface area contributed by atoms with Gasteiger partial charge in [-0.3, -0.25) is 4.79 Å². The monoisotopic (exact) mass is 272 g/mol. The maximum absolute atomic E-state index is 11.1. The Morgan fingerprint density at radius 1 is 1.10 bits per heavy atom. The fourth-order valence-corrected chi connectivity index (χ4v) is 1.96. The summed E-state index contributed by atoms with van der Waals surface area (Å²) in [5.41, 5.74) is 2.42. The van der Waals surface area contributed by atoms with Crippen LogP contribution in [0.2, 0.25) is 0 Å². The summed E-state index contributed by atoms with van der Waals surface area (Å²) in [4.78, 5) is 11.1. The Morgan fingerprint density at radius 3 is 2.45 bits per heavy atom. The first kappa shape index (κ1) is 13.9. The average molecular weight is 272 g/mol. The van der Waals surface area contributed by atoms with Crippen molar-refractivity contribution in [3.8, 4) is 22.6 Å². The molecule has 20 heavy (non-hydrogen) atoms. The van der Waals surface area contributed by atoms with Gasteiger partial charge < -0.3 is 14.9 Å². The molecule has 0 saturated heterocycles. The van der Waals surface area contributed by atoms with Gasteiger partial charge in [0.05, 0.1) is 7.11 Å². The zero-order valence-electron chi connectivity index (χ0n) is 11.2. The lowest BCUT2D eigenvalue weighted by atomic mass is 10.00. The summed E-state index contributed by atoms with van der Waals surface area (Å²) in [7, 11) is 1.36. The van der Waals surface area contributed by atoms with E-state index in [0.717, 1.165) is 11.1 Å². The van der Waals surface area contributed by atoms with Gasteiger partial charge in [0, 0.05) is 12.0 Å². The van der Waals surface area contributed by atoms with Gasteiger partial charge in [-0.1, -0.05) is 18.2 Å². The molecule has 2 rings (SSSR count). The fourth-order valence-electron chi connectivity index (χ4n) is 1.96. The number of phenolic OH excluding ortho intramolecular Hbond substituents is 2. The van der Waals surface area contributed by atoms with Crippen LogP contribution in [0.5, 0.6) is 11.5 Å². The molecule has 2 aromatic rings. The maximum atomic E-state index is 11.1. The van der Waals surface area contributed by atoms with Gasteiger partial charge in [0.2, 0.25) is 0 Å². The fraction of sp³-hybridized carbons (Fsp3) is 0.188. The minimum absolute atomic E-state index is 0.164. The summed E-state index contributed by atoms with van der Waals surface area (Å²) < 4.78 is 4.61. The van der Waals surface area contributed by atoms with Crippen molar-refractivity contribution < 1.29 is 19.7 Å². The van der Waals surface area contributed by atoms with Crippen LogP contribution in [-0.4, -0.2) is 23.3 Å². The number of rotatable bonds is 4. The number of hydrogen-bond acceptors (Lipinski definition) is 4. The summed E-state index contributed by atoms with van der Waals surface area (Å²) in [6.45, 7) is 0. The van der Waals surface area contributed by atoms with Crippen LogP contribution in [0, 0.1) is 0 Å². The summed E-state index contributed by atoms with van der Waals surface area (Å²) in [5, 5.41) is 19.2. The molecule has 0 aliphatic heterocycles. The number of methoxy groups -OCH3 is 1.